The lowest BCUT2D eigenvalue weighted by molar-refractivity contribution is -0.145. The summed E-state index contributed by atoms with van der Waals surface area (Å²) in [5, 5.41) is 23.8. The molecule has 5 N–H and O–H groups in total. The molecule has 1 aliphatic carbocycles. The summed E-state index contributed by atoms with van der Waals surface area (Å²) >= 11 is 9.78. The van der Waals surface area contributed by atoms with Crippen molar-refractivity contribution in [3.63, 3.8) is 0 Å². The molecule has 4 aromatic rings. The largest absolute Gasteiger partial charge is 0.444 e. The van der Waals surface area contributed by atoms with Crippen molar-refractivity contribution in [1.82, 2.24) is 45.7 Å². The fourth-order valence-electron chi connectivity index (χ4n) is 9.25. The number of aliphatic hydroxyl groups excluding tert-OH is 1. The quantitative estimate of drug-likeness (QED) is 0.0755. The van der Waals surface area contributed by atoms with Gasteiger partial charge in [-0.1, -0.05) is 75.3 Å². The van der Waals surface area contributed by atoms with Gasteiger partial charge >= 0.3 is 6.09 Å². The van der Waals surface area contributed by atoms with E-state index in [0.717, 1.165) is 52.8 Å². The maximum atomic E-state index is 14.8. The Bertz CT molecular complexity index is 2700. The fourth-order valence-corrected chi connectivity index (χ4v) is 11.1. The Morgan fingerprint density at radius 3 is 2.26 bits per heavy atom. The number of alkyl carbamates (subject to hydrolysis) is 1. The molecule has 0 unspecified atom stereocenters. The summed E-state index contributed by atoms with van der Waals surface area (Å²) in [5.74, 6) is -1.03. The van der Waals surface area contributed by atoms with Crippen LogP contribution in [-0.4, -0.2) is 139 Å². The molecule has 8 rings (SSSR count). The van der Waals surface area contributed by atoms with E-state index in [0.29, 0.717) is 41.1 Å². The van der Waals surface area contributed by atoms with Crippen LogP contribution in [0.3, 0.4) is 0 Å². The average Bonchev–Trinajstić information content (AvgIpc) is 3.73. The molecule has 74 heavy (non-hydrogen) atoms. The average molecular weight is 1080 g/mol. The first-order valence-corrected chi connectivity index (χ1v) is 27.1. The molecule has 3 aliphatic heterocycles. The number of rotatable bonds is 16. The second-order valence-corrected chi connectivity index (χ2v) is 24.7. The molecule has 22 heteroatoms. The van der Waals surface area contributed by atoms with Crippen molar-refractivity contribution in [2.24, 2.45) is 10.8 Å². The zero-order valence-corrected chi connectivity index (χ0v) is 45.6. The molecule has 1 saturated carbocycles. The summed E-state index contributed by atoms with van der Waals surface area (Å²) in [6.45, 7) is 17.5. The van der Waals surface area contributed by atoms with E-state index in [2.05, 4.69) is 48.0 Å². The van der Waals surface area contributed by atoms with Crippen molar-refractivity contribution < 1.29 is 38.2 Å². The van der Waals surface area contributed by atoms with Gasteiger partial charge < -0.3 is 45.8 Å². The number of piperidine rings is 1. The minimum Gasteiger partial charge on any atom is -0.444 e. The van der Waals surface area contributed by atoms with Crippen LogP contribution in [0.1, 0.15) is 104 Å². The number of β-amino-alcohol motifs (C(OH)–C–C–N with tert-alkyl or cyclic N) is 1. The van der Waals surface area contributed by atoms with Gasteiger partial charge in [-0.3, -0.25) is 19.2 Å². The predicted octanol–water partition coefficient (Wildman–Crippen LogP) is 7.10. The Morgan fingerprint density at radius 2 is 1.65 bits per heavy atom. The van der Waals surface area contributed by atoms with Gasteiger partial charge in [0.2, 0.25) is 17.7 Å². The summed E-state index contributed by atoms with van der Waals surface area (Å²) < 4.78 is 20.2. The highest BCUT2D eigenvalue weighted by atomic mass is 35.5. The number of aryl methyl sites for hydroxylation is 1. The van der Waals surface area contributed by atoms with Gasteiger partial charge in [0.25, 0.3) is 5.91 Å². The molecule has 4 aliphatic rings. The first-order valence-electron chi connectivity index (χ1n) is 25.1. The van der Waals surface area contributed by atoms with Gasteiger partial charge in [-0.25, -0.2) is 29.1 Å². The van der Waals surface area contributed by atoms with Gasteiger partial charge in [-0.15, -0.1) is 11.3 Å². The highest BCUT2D eigenvalue weighted by molar-refractivity contribution is 7.99. The number of nitrogens with one attached hydrogen (secondary N) is 4. The molecule has 3 saturated heterocycles. The third-order valence-electron chi connectivity index (χ3n) is 14.0. The van der Waals surface area contributed by atoms with Crippen LogP contribution >= 0.6 is 34.7 Å². The van der Waals surface area contributed by atoms with Crippen LogP contribution in [0.4, 0.5) is 20.8 Å². The van der Waals surface area contributed by atoms with Gasteiger partial charge in [0, 0.05) is 56.8 Å². The van der Waals surface area contributed by atoms with Crippen molar-refractivity contribution in [2.45, 2.75) is 145 Å². The van der Waals surface area contributed by atoms with Gasteiger partial charge in [0.1, 0.15) is 34.3 Å². The van der Waals surface area contributed by atoms with Crippen molar-refractivity contribution in [2.75, 3.05) is 49.5 Å². The molecular formula is C52H67ClFN11O7S2. The van der Waals surface area contributed by atoms with Crippen LogP contribution in [0.2, 0.25) is 5.02 Å². The van der Waals surface area contributed by atoms with E-state index in [9.17, 15) is 33.5 Å². The SMILES string of the molecule is Cc1ncsc1-c1ccc([C@H](CC(=O)N2CC(Nc3nccc(Sc4cnc(N5CCC(C)(CNC(=O)OC(C)(C)C)CC5)cn4)c3Cl)C2)NC(=O)[C@@H]2C[C@@H](O)CN2C(=O)[C@@H](NC(=O)C2(F)CC2)C(C)(C)C)cc1. The predicted molar refractivity (Wildman–Crippen MR) is 282 cm³/mol. The lowest BCUT2D eigenvalue weighted by Gasteiger charge is -2.40. The number of amides is 5. The lowest BCUT2D eigenvalue weighted by Crippen LogP contribution is -2.59. The number of pyridine rings is 1. The van der Waals surface area contributed by atoms with Crippen LogP contribution in [-0.2, 0) is 23.9 Å². The third kappa shape index (κ3) is 13.2. The Labute approximate surface area is 444 Å². The van der Waals surface area contributed by atoms with Crippen LogP contribution < -0.4 is 26.2 Å². The summed E-state index contributed by atoms with van der Waals surface area (Å²) in [6.07, 6.45) is 5.41. The molecule has 5 amide bonds. The molecule has 3 aromatic heterocycles. The summed E-state index contributed by atoms with van der Waals surface area (Å²) in [5.41, 5.74) is 0.757. The zero-order chi connectivity index (χ0) is 53.3. The van der Waals surface area contributed by atoms with Crippen LogP contribution in [0.25, 0.3) is 10.4 Å². The number of hydrogen-bond donors (Lipinski definition) is 5. The fraction of sp³-hybridized carbons (Fsp3) is 0.558. The molecular weight excluding hydrogens is 1010 g/mol. The third-order valence-corrected chi connectivity index (χ3v) is 16.4. The maximum absolute atomic E-state index is 14.8. The summed E-state index contributed by atoms with van der Waals surface area (Å²) in [6, 6.07) is 6.08. The first kappa shape index (κ1) is 54.6. The number of hydrogen-bond acceptors (Lipinski definition) is 15. The Kier molecular flexibility index (Phi) is 16.2. The second kappa shape index (κ2) is 21.9. The zero-order valence-electron chi connectivity index (χ0n) is 43.2. The number of benzene rings is 1. The minimum atomic E-state index is -2.02. The van der Waals surface area contributed by atoms with E-state index >= 15 is 0 Å². The molecule has 4 fully saturated rings. The normalized spacial score (nSPS) is 20.2. The number of aromatic nitrogens is 4. The van der Waals surface area contributed by atoms with Crippen molar-refractivity contribution in [1.29, 1.82) is 0 Å². The molecule has 398 valence electrons. The van der Waals surface area contributed by atoms with Gasteiger partial charge in [0.05, 0.1) is 58.1 Å². The highest BCUT2D eigenvalue weighted by Gasteiger charge is 2.53. The van der Waals surface area contributed by atoms with Gasteiger partial charge in [0.15, 0.2) is 5.67 Å². The van der Waals surface area contributed by atoms with E-state index in [-0.39, 0.29) is 49.6 Å². The topological polar surface area (TPSA) is 224 Å². The smallest absolute Gasteiger partial charge is 0.407 e. The number of aliphatic hydroxyl groups is 1. The summed E-state index contributed by atoms with van der Waals surface area (Å²) in [7, 11) is 0. The van der Waals surface area contributed by atoms with Crippen molar-refractivity contribution in [3.8, 4) is 10.4 Å². The molecule has 0 spiro atoms. The number of thiazole rings is 1. The van der Waals surface area contributed by atoms with E-state index in [1.54, 1.807) is 55.8 Å². The first-order chi connectivity index (χ1) is 34.9. The number of ether oxygens (including phenoxy) is 1. The maximum Gasteiger partial charge on any atom is 0.407 e. The van der Waals surface area contributed by atoms with E-state index < -0.39 is 64.7 Å². The molecule has 0 radical (unpaired) electrons. The van der Waals surface area contributed by atoms with Gasteiger partial charge in [-0.2, -0.15) is 0 Å². The Balaban J connectivity index is 0.878. The number of alkyl halides is 1. The molecule has 18 nitrogen and oxygen atoms in total. The summed E-state index contributed by atoms with van der Waals surface area (Å²) in [4.78, 5) is 92.8. The van der Waals surface area contributed by atoms with E-state index in [4.69, 9.17) is 21.3 Å². The van der Waals surface area contributed by atoms with E-state index in [1.165, 1.54) is 28.0 Å². The number of carbonyl (C=O) groups excluding carboxylic acids is 5. The van der Waals surface area contributed by atoms with Crippen molar-refractivity contribution >= 4 is 76.1 Å². The monoisotopic (exact) mass is 1080 g/mol. The molecule has 4 atom stereocenters. The van der Waals surface area contributed by atoms with Gasteiger partial charge in [-0.05, 0) is 81.4 Å². The Morgan fingerprint density at radius 1 is 0.946 bits per heavy atom. The second-order valence-electron chi connectivity index (χ2n) is 22.4. The minimum absolute atomic E-state index is 0.0617. The van der Waals surface area contributed by atoms with Crippen LogP contribution in [0.15, 0.2) is 64.4 Å². The number of likely N-dealkylation sites (tertiary alicyclic amines) is 2. The number of nitrogens with zero attached hydrogens (tertiary/aromatic N) is 7. The lowest BCUT2D eigenvalue weighted by atomic mass is 9.80. The molecule has 1 aromatic carbocycles. The Hall–Kier alpha value is -5.64. The van der Waals surface area contributed by atoms with Crippen LogP contribution in [0, 0.1) is 17.8 Å². The standard InChI is InChI=1S/C52H67ClFN11O7S2/c1-30-42(73-29-59-30)32-11-9-31(10-12-32)35(61-45(68)36-21-34(66)27-65(36)46(69)43(49(2,3)4)62-47(70)52(54)14-15-52)22-40(67)64-25-33(26-64)60-44-41(53)37(13-18-55-44)74-39-24-56-38(23-57-39)63-19-16-51(8,17-20-63)28-58-48(71)72-50(5,6)7/h9-13,18,23-24,29,33-36,43,66H,14-17,19-22,25-28H2,1-8H3,(H,55,60)(H,58,71)(H,61,68)(H,62,70)/t34-,35+,36+,43-/m1/s1. The van der Waals surface area contributed by atoms with Crippen LogP contribution in [0.5, 0.6) is 0 Å². The number of halogens is 2. The number of anilines is 2. The molecule has 0 bridgehead atoms. The number of carbonyl (C=O) groups is 5. The van der Waals surface area contributed by atoms with E-state index in [1.807, 2.05) is 52.0 Å². The highest BCUT2D eigenvalue weighted by Crippen LogP contribution is 2.41. The molecule has 6 heterocycles. The van der Waals surface area contributed by atoms with Crippen molar-refractivity contribution in [3.05, 3.63) is 70.7 Å².